The van der Waals surface area contributed by atoms with Gasteiger partial charge in [0.15, 0.2) is 5.54 Å². The molecule has 0 radical (unpaired) electrons. The Morgan fingerprint density at radius 2 is 1.54 bits per heavy atom. The number of rotatable bonds is 2. The first kappa shape index (κ1) is 20.3. The summed E-state index contributed by atoms with van der Waals surface area (Å²) in [5, 5.41) is 0. The molecule has 0 amide bonds. The first-order valence-corrected chi connectivity index (χ1v) is 8.50. The Morgan fingerprint density at radius 3 is 2.14 bits per heavy atom. The number of amidine groups is 1. The van der Waals surface area contributed by atoms with Crippen LogP contribution in [0.3, 0.4) is 0 Å². The second-order valence-corrected chi connectivity index (χ2v) is 7.40. The van der Waals surface area contributed by atoms with Crippen molar-refractivity contribution in [3.63, 3.8) is 0 Å². The molecule has 1 aliphatic heterocycles. The fourth-order valence-corrected chi connectivity index (χ4v) is 3.35. The molecule has 0 saturated heterocycles. The van der Waals surface area contributed by atoms with Crippen molar-refractivity contribution in [1.82, 2.24) is 0 Å². The zero-order valence-electron chi connectivity index (χ0n) is 15.5. The van der Waals surface area contributed by atoms with Crippen molar-refractivity contribution >= 4 is 5.84 Å². The Bertz CT molecular complexity index is 937. The predicted octanol–water partition coefficient (Wildman–Crippen LogP) is 4.79. The number of ether oxygens (including phenoxy) is 1. The maximum Gasteiger partial charge on any atom is 0.304 e. The van der Waals surface area contributed by atoms with Crippen LogP contribution in [0, 0.1) is 17.5 Å². The van der Waals surface area contributed by atoms with Crippen LogP contribution in [-0.2, 0) is 10.3 Å². The lowest BCUT2D eigenvalue weighted by Gasteiger charge is -2.42. The Labute approximate surface area is 159 Å². The number of hydrogen-bond donors (Lipinski definition) is 1. The minimum atomic E-state index is -3.66. The molecule has 3 nitrogen and oxygen atoms in total. The molecule has 0 unspecified atom stereocenters. The first-order chi connectivity index (χ1) is 12.9. The fourth-order valence-electron chi connectivity index (χ4n) is 3.35. The van der Waals surface area contributed by atoms with Gasteiger partial charge in [-0.2, -0.15) is 0 Å². The largest absolute Gasteiger partial charge is 0.385 e. The van der Waals surface area contributed by atoms with Crippen molar-refractivity contribution in [1.29, 1.82) is 0 Å². The second kappa shape index (κ2) is 6.55. The Hall–Kier alpha value is -2.48. The summed E-state index contributed by atoms with van der Waals surface area (Å²) in [5.41, 5.74) is 1.07. The van der Waals surface area contributed by atoms with Gasteiger partial charge in [-0.05, 0) is 56.2 Å². The van der Waals surface area contributed by atoms with Gasteiger partial charge in [0.25, 0.3) is 0 Å². The van der Waals surface area contributed by atoms with Gasteiger partial charge >= 0.3 is 5.92 Å². The summed E-state index contributed by atoms with van der Waals surface area (Å²) in [6.45, 7) is 3.06. The van der Waals surface area contributed by atoms with E-state index in [2.05, 4.69) is 4.99 Å². The van der Waals surface area contributed by atoms with Gasteiger partial charge in [0.2, 0.25) is 0 Å². The quantitative estimate of drug-likeness (QED) is 0.740. The number of alkyl halides is 2. The van der Waals surface area contributed by atoms with E-state index < -0.39 is 40.1 Å². The van der Waals surface area contributed by atoms with E-state index >= 15 is 8.78 Å². The monoisotopic (exact) mass is 398 g/mol. The summed E-state index contributed by atoms with van der Waals surface area (Å²) in [4.78, 5) is 3.89. The maximum atomic E-state index is 15.4. The first-order valence-electron chi connectivity index (χ1n) is 8.50. The molecule has 8 heteroatoms. The summed E-state index contributed by atoms with van der Waals surface area (Å²) in [6.07, 6.45) is 0. The summed E-state index contributed by atoms with van der Waals surface area (Å²) in [5.74, 6) is -6.51. The SMILES string of the molecule is CC1(C)OCC(N)=N[C@](C)(c2cc(-c3cc(F)cc(F)c3)ccc2F)C1(F)F. The molecule has 0 aliphatic carbocycles. The molecule has 0 spiro atoms. The van der Waals surface area contributed by atoms with Crippen molar-refractivity contribution in [2.45, 2.75) is 37.8 Å². The van der Waals surface area contributed by atoms with E-state index in [1.54, 1.807) is 0 Å². The van der Waals surface area contributed by atoms with Crippen LogP contribution in [0.4, 0.5) is 22.0 Å². The molecule has 0 fully saturated rings. The Kier molecular flexibility index (Phi) is 4.74. The van der Waals surface area contributed by atoms with E-state index in [1.165, 1.54) is 19.9 Å². The van der Waals surface area contributed by atoms with Crippen molar-refractivity contribution in [3.8, 4) is 11.1 Å². The van der Waals surface area contributed by atoms with Crippen LogP contribution in [-0.4, -0.2) is 24.0 Å². The Morgan fingerprint density at radius 1 is 0.929 bits per heavy atom. The van der Waals surface area contributed by atoms with Crippen LogP contribution >= 0.6 is 0 Å². The minimum Gasteiger partial charge on any atom is -0.385 e. The number of nitrogens with zero attached hydrogens (tertiary/aromatic N) is 1. The molecule has 0 saturated carbocycles. The van der Waals surface area contributed by atoms with E-state index in [1.807, 2.05) is 0 Å². The lowest BCUT2D eigenvalue weighted by molar-refractivity contribution is -0.214. The highest BCUT2D eigenvalue weighted by Crippen LogP contribution is 2.51. The van der Waals surface area contributed by atoms with Crippen molar-refractivity contribution < 1.29 is 26.7 Å². The van der Waals surface area contributed by atoms with E-state index in [4.69, 9.17) is 10.5 Å². The van der Waals surface area contributed by atoms with Crippen LogP contribution in [0.25, 0.3) is 11.1 Å². The molecule has 1 atom stereocenters. The summed E-state index contributed by atoms with van der Waals surface area (Å²) < 4.78 is 77.9. The van der Waals surface area contributed by atoms with Crippen molar-refractivity contribution in [2.75, 3.05) is 6.61 Å². The summed E-state index contributed by atoms with van der Waals surface area (Å²) in [6, 6.07) is 6.05. The van der Waals surface area contributed by atoms with E-state index in [0.29, 0.717) is 6.07 Å². The number of benzene rings is 2. The summed E-state index contributed by atoms with van der Waals surface area (Å²) >= 11 is 0. The van der Waals surface area contributed by atoms with Crippen LogP contribution < -0.4 is 5.73 Å². The van der Waals surface area contributed by atoms with Gasteiger partial charge in [-0.25, -0.2) is 22.0 Å². The van der Waals surface area contributed by atoms with Crippen molar-refractivity contribution in [3.05, 3.63) is 59.4 Å². The molecule has 3 rings (SSSR count). The highest BCUT2D eigenvalue weighted by molar-refractivity contribution is 5.82. The summed E-state index contributed by atoms with van der Waals surface area (Å²) in [7, 11) is 0. The number of aliphatic imine (C=N–C) groups is 1. The molecular formula is C20H19F5N2O. The second-order valence-electron chi connectivity index (χ2n) is 7.40. The lowest BCUT2D eigenvalue weighted by atomic mass is 9.77. The maximum absolute atomic E-state index is 15.4. The molecule has 2 aromatic rings. The van der Waals surface area contributed by atoms with E-state index in [0.717, 1.165) is 31.2 Å². The van der Waals surface area contributed by atoms with Crippen LogP contribution in [0.1, 0.15) is 26.3 Å². The molecule has 1 aliphatic rings. The zero-order valence-corrected chi connectivity index (χ0v) is 15.5. The fraction of sp³-hybridized carbons (Fsp3) is 0.350. The number of nitrogens with two attached hydrogens (primary N) is 1. The molecule has 28 heavy (non-hydrogen) atoms. The highest BCUT2D eigenvalue weighted by Gasteiger charge is 2.63. The van der Waals surface area contributed by atoms with Crippen molar-refractivity contribution in [2.24, 2.45) is 10.7 Å². The molecular weight excluding hydrogens is 379 g/mol. The van der Waals surface area contributed by atoms with E-state index in [9.17, 15) is 13.2 Å². The van der Waals surface area contributed by atoms with Gasteiger partial charge in [0, 0.05) is 11.6 Å². The van der Waals surface area contributed by atoms with Gasteiger partial charge in [-0.1, -0.05) is 6.07 Å². The molecule has 150 valence electrons. The van der Waals surface area contributed by atoms with Gasteiger partial charge in [0.05, 0.1) is 0 Å². The molecule has 1 heterocycles. The van der Waals surface area contributed by atoms with Gasteiger partial charge < -0.3 is 10.5 Å². The molecule has 2 aromatic carbocycles. The predicted molar refractivity (Wildman–Crippen MR) is 95.7 cm³/mol. The third-order valence-electron chi connectivity index (χ3n) is 5.00. The topological polar surface area (TPSA) is 47.6 Å². The van der Waals surface area contributed by atoms with E-state index in [-0.39, 0.29) is 23.6 Å². The smallest absolute Gasteiger partial charge is 0.304 e. The van der Waals surface area contributed by atoms with Gasteiger partial charge in [-0.3, -0.25) is 4.99 Å². The lowest BCUT2D eigenvalue weighted by Crippen LogP contribution is -2.56. The molecule has 0 aromatic heterocycles. The van der Waals surface area contributed by atoms with Crippen LogP contribution in [0.5, 0.6) is 0 Å². The highest BCUT2D eigenvalue weighted by atomic mass is 19.3. The average Bonchev–Trinajstić information content (AvgIpc) is 2.64. The third kappa shape index (κ3) is 3.15. The van der Waals surface area contributed by atoms with Gasteiger partial charge in [-0.15, -0.1) is 0 Å². The normalized spacial score (nSPS) is 23.8. The van der Waals surface area contributed by atoms with Crippen LogP contribution in [0.2, 0.25) is 0 Å². The third-order valence-corrected chi connectivity index (χ3v) is 5.00. The van der Waals surface area contributed by atoms with Gasteiger partial charge in [0.1, 0.15) is 35.5 Å². The average molecular weight is 398 g/mol. The van der Waals surface area contributed by atoms with Crippen LogP contribution in [0.15, 0.2) is 41.4 Å². The molecule has 0 bridgehead atoms. The number of halogens is 5. The standard InChI is InChI=1S/C20H19F5N2O/c1-18(2)20(24,25)19(3,27-17(26)10-28-18)15-8-11(4-5-16(15)23)12-6-13(21)9-14(22)7-12/h4-9H,10H2,1-3H3,(H2,26,27)/t19-/m1/s1. The number of hydrogen-bond acceptors (Lipinski definition) is 3. The molecule has 2 N–H and O–H groups in total. The minimum absolute atomic E-state index is 0.0757. The Balaban J connectivity index is 2.25. The zero-order chi connectivity index (χ0) is 20.9.